The van der Waals surface area contributed by atoms with E-state index in [9.17, 15) is 0 Å². The van der Waals surface area contributed by atoms with Crippen LogP contribution >= 0.6 is 27.3 Å². The topological polar surface area (TPSA) is 38.1 Å². The predicted molar refractivity (Wildman–Crippen MR) is 68.6 cm³/mol. The van der Waals surface area contributed by atoms with Crippen LogP contribution in [0.4, 0.5) is 0 Å². The average Bonchev–Trinajstić information content (AvgIpc) is 2.88. The third-order valence-electron chi connectivity index (χ3n) is 2.31. The van der Waals surface area contributed by atoms with Crippen LogP contribution in [-0.4, -0.2) is 11.5 Å². The van der Waals surface area contributed by atoms with Crippen molar-refractivity contribution >= 4 is 27.3 Å². The van der Waals surface area contributed by atoms with Crippen LogP contribution < -0.4 is 5.32 Å². The molecule has 0 aliphatic heterocycles. The molecule has 2 aromatic rings. The quantitative estimate of drug-likeness (QED) is 0.920. The van der Waals surface area contributed by atoms with Gasteiger partial charge in [-0.05, 0) is 28.9 Å². The Kier molecular flexibility index (Phi) is 4.15. The maximum atomic E-state index is 5.39. The van der Waals surface area contributed by atoms with E-state index in [2.05, 4.69) is 33.2 Å². The van der Waals surface area contributed by atoms with Gasteiger partial charge in [-0.3, -0.25) is 0 Å². The van der Waals surface area contributed by atoms with Gasteiger partial charge in [0.05, 0.1) is 21.8 Å². The van der Waals surface area contributed by atoms with Crippen LogP contribution in [0.3, 0.4) is 0 Å². The number of nitrogens with zero attached hydrogens (tertiary/aromatic N) is 1. The van der Waals surface area contributed by atoms with Crippen LogP contribution in [0.1, 0.15) is 23.7 Å². The van der Waals surface area contributed by atoms with Gasteiger partial charge in [0.1, 0.15) is 5.76 Å². The summed E-state index contributed by atoms with van der Waals surface area (Å²) in [5.74, 6) is 0.944. The largest absolute Gasteiger partial charge is 0.466 e. The maximum absolute atomic E-state index is 5.39. The molecule has 1 N–H and O–H groups in total. The summed E-state index contributed by atoms with van der Waals surface area (Å²) < 4.78 is 6.41. The second kappa shape index (κ2) is 5.61. The highest BCUT2D eigenvalue weighted by Crippen LogP contribution is 2.23. The summed E-state index contributed by atoms with van der Waals surface area (Å²) in [6.07, 6.45) is 4.49. The number of hydrogen-bond donors (Lipinski definition) is 1. The van der Waals surface area contributed by atoms with Gasteiger partial charge in [-0.2, -0.15) is 0 Å². The van der Waals surface area contributed by atoms with E-state index in [4.69, 9.17) is 4.42 Å². The molecular formula is C11H13BrN2OS. The lowest BCUT2D eigenvalue weighted by molar-refractivity contribution is 0.430. The molecule has 0 amide bonds. The molecule has 5 heteroatoms. The Morgan fingerprint density at radius 3 is 3.12 bits per heavy atom. The zero-order chi connectivity index (χ0) is 11.4. The Hall–Kier alpha value is -0.650. The van der Waals surface area contributed by atoms with Crippen LogP contribution in [0.15, 0.2) is 32.8 Å². The van der Waals surface area contributed by atoms with Crippen LogP contribution in [0.25, 0.3) is 0 Å². The highest BCUT2D eigenvalue weighted by atomic mass is 79.9. The number of thiazole rings is 1. The van der Waals surface area contributed by atoms with E-state index in [1.54, 1.807) is 17.6 Å². The molecule has 0 fully saturated rings. The fraction of sp³-hybridized carbons (Fsp3) is 0.364. The number of aromatic nitrogens is 1. The van der Waals surface area contributed by atoms with E-state index in [1.165, 1.54) is 5.01 Å². The molecule has 0 aliphatic rings. The van der Waals surface area contributed by atoms with E-state index >= 15 is 0 Å². The highest BCUT2D eigenvalue weighted by molar-refractivity contribution is 9.10. The van der Waals surface area contributed by atoms with Crippen LogP contribution in [0.5, 0.6) is 0 Å². The summed E-state index contributed by atoms with van der Waals surface area (Å²) in [7, 11) is 0. The minimum Gasteiger partial charge on any atom is -0.466 e. The van der Waals surface area contributed by atoms with Gasteiger partial charge >= 0.3 is 0 Å². The van der Waals surface area contributed by atoms with Crippen molar-refractivity contribution in [3.8, 4) is 0 Å². The van der Waals surface area contributed by atoms with Crippen molar-refractivity contribution in [2.75, 3.05) is 6.54 Å². The van der Waals surface area contributed by atoms with Gasteiger partial charge in [0, 0.05) is 24.5 Å². The van der Waals surface area contributed by atoms with Crippen molar-refractivity contribution < 1.29 is 4.42 Å². The van der Waals surface area contributed by atoms with Crippen molar-refractivity contribution in [1.29, 1.82) is 0 Å². The first-order valence-corrected chi connectivity index (χ1v) is 6.79. The summed E-state index contributed by atoms with van der Waals surface area (Å²) in [5, 5.41) is 6.57. The molecule has 86 valence electrons. The van der Waals surface area contributed by atoms with Gasteiger partial charge in [0.2, 0.25) is 0 Å². The highest BCUT2D eigenvalue weighted by Gasteiger charge is 2.11. The lowest BCUT2D eigenvalue weighted by Gasteiger charge is -2.10. The summed E-state index contributed by atoms with van der Waals surface area (Å²) in [6.45, 7) is 2.99. The normalized spacial score (nSPS) is 12.9. The molecule has 1 atom stereocenters. The second-order valence-corrected chi connectivity index (χ2v) is 5.32. The summed E-state index contributed by atoms with van der Waals surface area (Å²) in [6, 6.07) is 2.12. The molecule has 0 radical (unpaired) electrons. The minimum atomic E-state index is 0.212. The summed E-state index contributed by atoms with van der Waals surface area (Å²) in [5.41, 5.74) is 0. The Balaban J connectivity index is 1.80. The van der Waals surface area contributed by atoms with Crippen LogP contribution in [0.2, 0.25) is 0 Å². The number of hydrogen-bond acceptors (Lipinski definition) is 4. The minimum absolute atomic E-state index is 0.212. The number of halogens is 1. The first kappa shape index (κ1) is 11.8. The zero-order valence-corrected chi connectivity index (χ0v) is 11.3. The zero-order valence-electron chi connectivity index (χ0n) is 8.94. The van der Waals surface area contributed by atoms with Gasteiger partial charge < -0.3 is 9.73 Å². The van der Waals surface area contributed by atoms with Gasteiger partial charge in [0.25, 0.3) is 0 Å². The first-order chi connectivity index (χ1) is 7.77. The monoisotopic (exact) mass is 300 g/mol. The molecule has 1 unspecified atom stereocenters. The average molecular weight is 301 g/mol. The number of furan rings is 1. The molecule has 0 saturated carbocycles. The van der Waals surface area contributed by atoms with Crippen molar-refractivity contribution in [3.05, 3.63) is 39.1 Å². The maximum Gasteiger partial charge on any atom is 0.134 e. The molecule has 2 aromatic heterocycles. The fourth-order valence-corrected chi connectivity index (χ4v) is 2.64. The third-order valence-corrected chi connectivity index (χ3v) is 3.81. The van der Waals surface area contributed by atoms with Crippen molar-refractivity contribution in [2.45, 2.75) is 19.4 Å². The lowest BCUT2D eigenvalue weighted by Crippen LogP contribution is -2.21. The second-order valence-electron chi connectivity index (χ2n) is 3.48. The Bertz CT molecular complexity index is 427. The van der Waals surface area contributed by atoms with E-state index < -0.39 is 0 Å². The molecule has 0 aliphatic carbocycles. The molecule has 0 spiro atoms. The van der Waals surface area contributed by atoms with Crippen LogP contribution in [-0.2, 0) is 6.42 Å². The van der Waals surface area contributed by atoms with Crippen molar-refractivity contribution in [2.24, 2.45) is 0 Å². The SMILES string of the molecule is CC(NCCc1nccs1)c1occc1Br. The Morgan fingerprint density at radius 1 is 1.62 bits per heavy atom. The molecule has 2 heterocycles. The third kappa shape index (κ3) is 2.93. The van der Waals surface area contributed by atoms with E-state index in [-0.39, 0.29) is 6.04 Å². The number of nitrogens with one attached hydrogen (secondary N) is 1. The molecule has 16 heavy (non-hydrogen) atoms. The molecule has 2 rings (SSSR count). The van der Waals surface area contributed by atoms with Gasteiger partial charge in [0.15, 0.2) is 0 Å². The number of rotatable bonds is 5. The van der Waals surface area contributed by atoms with Gasteiger partial charge in [-0.1, -0.05) is 0 Å². The molecule has 0 bridgehead atoms. The van der Waals surface area contributed by atoms with Crippen LogP contribution in [0, 0.1) is 0 Å². The standard InChI is InChI=1S/C11H13BrN2OS/c1-8(11-9(12)3-6-15-11)13-4-2-10-14-5-7-16-10/h3,5-8,13H,2,4H2,1H3. The predicted octanol–water partition coefficient (Wildman–Crippen LogP) is 3.39. The van der Waals surface area contributed by atoms with Gasteiger partial charge in [-0.25, -0.2) is 4.98 Å². The van der Waals surface area contributed by atoms with Gasteiger partial charge in [-0.15, -0.1) is 11.3 Å². The summed E-state index contributed by atoms with van der Waals surface area (Å²) in [4.78, 5) is 4.24. The first-order valence-electron chi connectivity index (χ1n) is 5.12. The Labute approximate surface area is 107 Å². The summed E-state index contributed by atoms with van der Waals surface area (Å²) >= 11 is 5.14. The smallest absolute Gasteiger partial charge is 0.134 e. The van der Waals surface area contributed by atoms with E-state index in [0.29, 0.717) is 0 Å². The van der Waals surface area contributed by atoms with Crippen molar-refractivity contribution in [1.82, 2.24) is 10.3 Å². The van der Waals surface area contributed by atoms with E-state index in [0.717, 1.165) is 23.2 Å². The molecule has 0 saturated heterocycles. The molecular weight excluding hydrogens is 288 g/mol. The fourth-order valence-electron chi connectivity index (χ4n) is 1.48. The lowest BCUT2D eigenvalue weighted by atomic mass is 10.2. The van der Waals surface area contributed by atoms with Crippen molar-refractivity contribution in [3.63, 3.8) is 0 Å². The van der Waals surface area contributed by atoms with E-state index in [1.807, 2.05) is 17.6 Å². The Morgan fingerprint density at radius 2 is 2.50 bits per heavy atom. The molecule has 0 aromatic carbocycles. The molecule has 3 nitrogen and oxygen atoms in total.